The molecule has 0 aromatic carbocycles. The molecule has 25 heavy (non-hydrogen) atoms. The molecule has 3 aromatic heterocycles. The monoisotopic (exact) mass is 339 g/mol. The van der Waals surface area contributed by atoms with Gasteiger partial charge in [0.25, 0.3) is 0 Å². The minimum absolute atomic E-state index is 0.0797. The smallest absolute Gasteiger partial charge is 0.229 e. The summed E-state index contributed by atoms with van der Waals surface area (Å²) in [5, 5.41) is 7.11. The predicted molar refractivity (Wildman–Crippen MR) is 92.2 cm³/mol. The predicted octanol–water partition coefficient (Wildman–Crippen LogP) is 1.82. The van der Waals surface area contributed by atoms with Crippen LogP contribution in [0.4, 0.5) is 0 Å². The number of aryl methyl sites for hydroxylation is 2. The lowest BCUT2D eigenvalue weighted by molar-refractivity contribution is -0.139. The third-order valence-corrected chi connectivity index (χ3v) is 4.80. The Kier molecular flexibility index (Phi) is 4.01. The number of H-pyrrole nitrogens is 1. The highest BCUT2D eigenvalue weighted by Crippen LogP contribution is 2.26. The molecule has 1 atom stereocenters. The summed E-state index contributed by atoms with van der Waals surface area (Å²) >= 11 is 0. The molecule has 4 rings (SSSR count). The Bertz CT molecular complexity index is 913. The Morgan fingerprint density at radius 2 is 2.28 bits per heavy atom. The normalized spacial score (nSPS) is 18.0. The van der Waals surface area contributed by atoms with Gasteiger partial charge in [-0.1, -0.05) is 6.07 Å². The van der Waals surface area contributed by atoms with Crippen molar-refractivity contribution in [2.45, 2.75) is 26.3 Å². The summed E-state index contributed by atoms with van der Waals surface area (Å²) in [4.78, 5) is 19.5. The van der Waals surface area contributed by atoms with Crippen LogP contribution in [-0.2, 0) is 16.0 Å². The number of nitrogens with one attached hydrogen (secondary N) is 1. The summed E-state index contributed by atoms with van der Waals surface area (Å²) in [5.74, 6) is 0.0797. The van der Waals surface area contributed by atoms with Gasteiger partial charge in [0, 0.05) is 12.7 Å². The maximum atomic E-state index is 13.1. The molecule has 1 aliphatic heterocycles. The number of ether oxygens (including phenoxy) is 1. The molecular formula is C18H21N5O2. The van der Waals surface area contributed by atoms with E-state index < -0.39 is 0 Å². The van der Waals surface area contributed by atoms with Gasteiger partial charge in [0.05, 0.1) is 49.0 Å². The number of hydrogen-bond donors (Lipinski definition) is 1. The van der Waals surface area contributed by atoms with Crippen molar-refractivity contribution in [3.8, 4) is 0 Å². The first-order chi connectivity index (χ1) is 12.1. The average molecular weight is 339 g/mol. The van der Waals surface area contributed by atoms with E-state index in [0.717, 1.165) is 28.3 Å². The second-order valence-electron chi connectivity index (χ2n) is 6.39. The molecular weight excluding hydrogens is 318 g/mol. The second-order valence-corrected chi connectivity index (χ2v) is 6.39. The summed E-state index contributed by atoms with van der Waals surface area (Å²) in [6, 6.07) is 5.73. The Morgan fingerprint density at radius 3 is 3.08 bits per heavy atom. The van der Waals surface area contributed by atoms with Gasteiger partial charge in [0.1, 0.15) is 5.65 Å². The lowest BCUT2D eigenvalue weighted by atomic mass is 10.1. The number of imidazole rings is 1. The molecule has 1 fully saturated rings. The fourth-order valence-corrected chi connectivity index (χ4v) is 3.46. The van der Waals surface area contributed by atoms with Crippen molar-refractivity contribution >= 4 is 11.6 Å². The van der Waals surface area contributed by atoms with Crippen LogP contribution in [0.15, 0.2) is 30.6 Å². The quantitative estimate of drug-likeness (QED) is 0.790. The van der Waals surface area contributed by atoms with E-state index in [1.807, 2.05) is 47.5 Å². The van der Waals surface area contributed by atoms with Gasteiger partial charge >= 0.3 is 0 Å². The van der Waals surface area contributed by atoms with Gasteiger partial charge in [-0.3, -0.25) is 9.89 Å². The highest BCUT2D eigenvalue weighted by molar-refractivity contribution is 5.79. The number of pyridine rings is 1. The van der Waals surface area contributed by atoms with Gasteiger partial charge < -0.3 is 14.0 Å². The van der Waals surface area contributed by atoms with Gasteiger partial charge in [-0.15, -0.1) is 0 Å². The van der Waals surface area contributed by atoms with E-state index in [1.54, 1.807) is 6.20 Å². The number of rotatable bonds is 3. The maximum Gasteiger partial charge on any atom is 0.229 e. The zero-order chi connectivity index (χ0) is 17.4. The molecule has 7 nitrogen and oxygen atoms in total. The highest BCUT2D eigenvalue weighted by atomic mass is 16.5. The van der Waals surface area contributed by atoms with Crippen molar-refractivity contribution < 1.29 is 9.53 Å². The molecule has 3 aromatic rings. The first kappa shape index (κ1) is 15.8. The van der Waals surface area contributed by atoms with E-state index in [2.05, 4.69) is 15.2 Å². The lowest BCUT2D eigenvalue weighted by Gasteiger charge is -2.35. The molecule has 1 aliphatic rings. The van der Waals surface area contributed by atoms with E-state index in [4.69, 9.17) is 4.74 Å². The molecule has 0 saturated carbocycles. The largest absolute Gasteiger partial charge is 0.377 e. The molecule has 7 heteroatoms. The first-order valence-corrected chi connectivity index (χ1v) is 8.45. The topological polar surface area (TPSA) is 75.5 Å². The number of nitrogens with zero attached hydrogens (tertiary/aromatic N) is 4. The molecule has 1 N–H and O–H groups in total. The molecule has 0 radical (unpaired) electrons. The van der Waals surface area contributed by atoms with Crippen molar-refractivity contribution in [3.63, 3.8) is 0 Å². The van der Waals surface area contributed by atoms with Crippen LogP contribution in [0.25, 0.3) is 5.65 Å². The van der Waals surface area contributed by atoms with E-state index >= 15 is 0 Å². The van der Waals surface area contributed by atoms with Crippen molar-refractivity contribution in [2.24, 2.45) is 0 Å². The Labute approximate surface area is 145 Å². The third kappa shape index (κ3) is 2.80. The maximum absolute atomic E-state index is 13.1. The number of fused-ring (bicyclic) bond motifs is 1. The van der Waals surface area contributed by atoms with Crippen LogP contribution in [0.5, 0.6) is 0 Å². The van der Waals surface area contributed by atoms with Crippen molar-refractivity contribution in [1.29, 1.82) is 0 Å². The SMILES string of the molecule is Cc1cn[nH]c1[C@H]1COCCN1C(=O)Cc1c(C)nc2ccccn12. The molecule has 130 valence electrons. The van der Waals surface area contributed by atoms with E-state index in [1.165, 1.54) is 0 Å². The fraction of sp³-hybridized carbons (Fsp3) is 0.389. The lowest BCUT2D eigenvalue weighted by Crippen LogP contribution is -2.44. The van der Waals surface area contributed by atoms with E-state index in [9.17, 15) is 4.79 Å². The van der Waals surface area contributed by atoms with Gasteiger partial charge in [0.2, 0.25) is 5.91 Å². The Balaban J connectivity index is 1.62. The average Bonchev–Trinajstić information content (AvgIpc) is 3.18. The zero-order valence-corrected chi connectivity index (χ0v) is 14.4. The third-order valence-electron chi connectivity index (χ3n) is 4.80. The minimum atomic E-state index is -0.122. The van der Waals surface area contributed by atoms with Crippen molar-refractivity contribution in [2.75, 3.05) is 19.8 Å². The number of carbonyl (C=O) groups is 1. The summed E-state index contributed by atoms with van der Waals surface area (Å²) in [6.07, 6.45) is 4.05. The zero-order valence-electron chi connectivity index (χ0n) is 14.4. The summed E-state index contributed by atoms with van der Waals surface area (Å²) in [7, 11) is 0. The Morgan fingerprint density at radius 1 is 1.40 bits per heavy atom. The minimum Gasteiger partial charge on any atom is -0.377 e. The van der Waals surface area contributed by atoms with Crippen LogP contribution in [0, 0.1) is 13.8 Å². The fourth-order valence-electron chi connectivity index (χ4n) is 3.46. The van der Waals surface area contributed by atoms with Crippen LogP contribution in [0.2, 0.25) is 0 Å². The van der Waals surface area contributed by atoms with Crippen LogP contribution in [-0.4, -0.2) is 50.1 Å². The standard InChI is InChI=1S/C18H21N5O2/c1-12-10-19-21-18(12)15-11-25-8-7-23(15)17(24)9-14-13(2)20-16-5-3-4-6-22(14)16/h3-6,10,15H,7-9,11H2,1-2H3,(H,19,21)/t15-/m1/s1. The molecule has 0 unspecified atom stereocenters. The number of amides is 1. The number of carbonyl (C=O) groups excluding carboxylic acids is 1. The van der Waals surface area contributed by atoms with Crippen molar-refractivity contribution in [3.05, 3.63) is 53.2 Å². The number of aromatic nitrogens is 4. The van der Waals surface area contributed by atoms with Crippen molar-refractivity contribution in [1.82, 2.24) is 24.5 Å². The molecule has 0 bridgehead atoms. The Hall–Kier alpha value is -2.67. The molecule has 0 spiro atoms. The van der Waals surface area contributed by atoms with Gasteiger partial charge in [-0.2, -0.15) is 5.10 Å². The molecule has 0 aliphatic carbocycles. The molecule has 1 amide bonds. The van der Waals surface area contributed by atoms with Crippen LogP contribution >= 0.6 is 0 Å². The molecule has 1 saturated heterocycles. The van der Waals surface area contributed by atoms with Gasteiger partial charge in [-0.05, 0) is 31.5 Å². The van der Waals surface area contributed by atoms with Crippen LogP contribution in [0.1, 0.15) is 28.7 Å². The molecule has 4 heterocycles. The van der Waals surface area contributed by atoms with E-state index in [0.29, 0.717) is 26.2 Å². The summed E-state index contributed by atoms with van der Waals surface area (Å²) in [6.45, 7) is 5.57. The first-order valence-electron chi connectivity index (χ1n) is 8.45. The summed E-state index contributed by atoms with van der Waals surface area (Å²) < 4.78 is 7.60. The summed E-state index contributed by atoms with van der Waals surface area (Å²) in [5.41, 5.74) is 4.68. The highest BCUT2D eigenvalue weighted by Gasteiger charge is 2.31. The van der Waals surface area contributed by atoms with E-state index in [-0.39, 0.29) is 11.9 Å². The number of aromatic amines is 1. The van der Waals surface area contributed by atoms with Gasteiger partial charge in [-0.25, -0.2) is 4.98 Å². The number of hydrogen-bond acceptors (Lipinski definition) is 4. The van der Waals surface area contributed by atoms with Crippen LogP contribution in [0.3, 0.4) is 0 Å². The number of morpholine rings is 1. The van der Waals surface area contributed by atoms with Crippen LogP contribution < -0.4 is 0 Å². The second kappa shape index (κ2) is 6.33. The van der Waals surface area contributed by atoms with Gasteiger partial charge in [0.15, 0.2) is 0 Å².